The Morgan fingerprint density at radius 2 is 2.05 bits per heavy atom. The number of rotatable bonds is 1. The molecule has 1 saturated heterocycles. The van der Waals surface area contributed by atoms with E-state index < -0.39 is 0 Å². The standard InChI is InChI=1S/C11H7N7O2/c19-8-5-9(20)18(14-8)10-11-13-15-16-17(11)7-4-2-1-3-6(7)12-10/h1-4H,5H2,(H,14,19). The summed E-state index contributed by atoms with van der Waals surface area (Å²) in [7, 11) is 0. The molecule has 98 valence electrons. The summed E-state index contributed by atoms with van der Waals surface area (Å²) in [5.74, 6) is -0.553. The molecule has 2 aromatic heterocycles. The van der Waals surface area contributed by atoms with Crippen molar-refractivity contribution < 1.29 is 9.59 Å². The molecule has 9 nitrogen and oxygen atoms in total. The lowest BCUT2D eigenvalue weighted by atomic mass is 10.3. The Balaban J connectivity index is 2.04. The van der Waals surface area contributed by atoms with Gasteiger partial charge in [0.2, 0.25) is 17.4 Å². The van der Waals surface area contributed by atoms with Crippen molar-refractivity contribution >= 4 is 34.3 Å². The van der Waals surface area contributed by atoms with Crippen LogP contribution in [0.3, 0.4) is 0 Å². The van der Waals surface area contributed by atoms with Crippen molar-refractivity contribution in [2.75, 3.05) is 5.01 Å². The number of hydrogen-bond donors (Lipinski definition) is 1. The fraction of sp³-hybridized carbons (Fsp3) is 0.0909. The topological polar surface area (TPSA) is 105 Å². The summed E-state index contributed by atoms with van der Waals surface area (Å²) < 4.78 is 1.48. The Kier molecular flexibility index (Phi) is 1.99. The molecule has 1 aliphatic heterocycles. The molecule has 4 rings (SSSR count). The van der Waals surface area contributed by atoms with Gasteiger partial charge in [-0.1, -0.05) is 12.1 Å². The van der Waals surface area contributed by atoms with E-state index in [0.29, 0.717) is 16.7 Å². The van der Waals surface area contributed by atoms with Gasteiger partial charge in [-0.25, -0.2) is 4.98 Å². The first-order valence-electron chi connectivity index (χ1n) is 5.83. The van der Waals surface area contributed by atoms with Gasteiger partial charge in [0.05, 0.1) is 11.0 Å². The molecular formula is C11H7N7O2. The minimum Gasteiger partial charge on any atom is -0.273 e. The maximum Gasteiger partial charge on any atom is 0.256 e. The molecule has 0 saturated carbocycles. The lowest BCUT2D eigenvalue weighted by Crippen LogP contribution is -2.37. The first-order valence-corrected chi connectivity index (χ1v) is 5.83. The zero-order chi connectivity index (χ0) is 13.7. The van der Waals surface area contributed by atoms with Crippen LogP contribution in [0.1, 0.15) is 6.42 Å². The highest BCUT2D eigenvalue weighted by Gasteiger charge is 2.32. The predicted molar refractivity (Wildman–Crippen MR) is 66.3 cm³/mol. The van der Waals surface area contributed by atoms with E-state index in [4.69, 9.17) is 0 Å². The molecule has 20 heavy (non-hydrogen) atoms. The molecular weight excluding hydrogens is 262 g/mol. The Hall–Kier alpha value is -3.10. The predicted octanol–water partition coefficient (Wildman–Crippen LogP) is -0.560. The maximum atomic E-state index is 11.8. The zero-order valence-electron chi connectivity index (χ0n) is 10.0. The number of tetrazole rings is 1. The van der Waals surface area contributed by atoms with Crippen molar-refractivity contribution in [1.82, 2.24) is 30.5 Å². The first-order chi connectivity index (χ1) is 9.74. The lowest BCUT2D eigenvalue weighted by molar-refractivity contribution is -0.122. The van der Waals surface area contributed by atoms with Crippen LogP contribution in [0, 0.1) is 0 Å². The number of nitrogens with one attached hydrogen (secondary N) is 1. The number of anilines is 1. The molecule has 0 spiro atoms. The Morgan fingerprint density at radius 3 is 2.85 bits per heavy atom. The summed E-state index contributed by atoms with van der Waals surface area (Å²) in [4.78, 5) is 27.5. The minimum absolute atomic E-state index is 0.206. The molecule has 0 aliphatic carbocycles. The Labute approximate surface area is 111 Å². The molecule has 0 bridgehead atoms. The van der Waals surface area contributed by atoms with Crippen LogP contribution in [0.15, 0.2) is 24.3 Å². The van der Waals surface area contributed by atoms with Crippen LogP contribution >= 0.6 is 0 Å². The van der Waals surface area contributed by atoms with Crippen LogP contribution in [0.5, 0.6) is 0 Å². The second-order valence-corrected chi connectivity index (χ2v) is 4.28. The number of para-hydroxylation sites is 2. The third kappa shape index (κ3) is 1.37. The third-order valence-electron chi connectivity index (χ3n) is 3.02. The van der Waals surface area contributed by atoms with Crippen LogP contribution in [0.4, 0.5) is 5.82 Å². The quantitative estimate of drug-likeness (QED) is 0.594. The van der Waals surface area contributed by atoms with Crippen LogP contribution in [0.2, 0.25) is 0 Å². The van der Waals surface area contributed by atoms with E-state index in [1.807, 2.05) is 18.2 Å². The van der Waals surface area contributed by atoms with Gasteiger partial charge in [-0.3, -0.25) is 15.0 Å². The molecule has 2 amide bonds. The molecule has 1 fully saturated rings. The fourth-order valence-electron chi connectivity index (χ4n) is 2.15. The first kappa shape index (κ1) is 10.8. The molecule has 1 N–H and O–H groups in total. The van der Waals surface area contributed by atoms with E-state index in [1.54, 1.807) is 6.07 Å². The fourth-order valence-corrected chi connectivity index (χ4v) is 2.15. The Bertz CT molecular complexity index is 871. The van der Waals surface area contributed by atoms with Gasteiger partial charge in [-0.15, -0.1) is 5.10 Å². The minimum atomic E-state index is -0.386. The van der Waals surface area contributed by atoms with Crippen molar-refractivity contribution in [3.05, 3.63) is 24.3 Å². The smallest absolute Gasteiger partial charge is 0.256 e. The highest BCUT2D eigenvalue weighted by molar-refractivity contribution is 6.12. The van der Waals surface area contributed by atoms with Gasteiger partial charge in [-0.2, -0.15) is 9.52 Å². The van der Waals surface area contributed by atoms with Crippen LogP contribution < -0.4 is 10.4 Å². The van der Waals surface area contributed by atoms with Gasteiger partial charge in [-0.05, 0) is 22.6 Å². The summed E-state index contributed by atoms with van der Waals surface area (Å²) in [6.45, 7) is 0. The van der Waals surface area contributed by atoms with E-state index in [1.165, 1.54) is 4.52 Å². The summed E-state index contributed by atoms with van der Waals surface area (Å²) in [6, 6.07) is 7.26. The van der Waals surface area contributed by atoms with Crippen LogP contribution in [-0.4, -0.2) is 36.8 Å². The second kappa shape index (κ2) is 3.70. The molecule has 0 atom stereocenters. The second-order valence-electron chi connectivity index (χ2n) is 4.28. The van der Waals surface area contributed by atoms with E-state index in [-0.39, 0.29) is 24.1 Å². The normalized spacial score (nSPS) is 15.3. The number of hydrazine groups is 1. The molecule has 3 aromatic rings. The average Bonchev–Trinajstić information content (AvgIpc) is 3.04. The number of amides is 2. The van der Waals surface area contributed by atoms with Crippen molar-refractivity contribution in [3.8, 4) is 0 Å². The maximum absolute atomic E-state index is 11.8. The van der Waals surface area contributed by atoms with Crippen molar-refractivity contribution in [2.24, 2.45) is 0 Å². The summed E-state index contributed by atoms with van der Waals surface area (Å²) in [5.41, 5.74) is 4.08. The average molecular weight is 269 g/mol. The number of nitrogens with zero attached hydrogens (tertiary/aromatic N) is 6. The molecule has 9 heteroatoms. The number of hydrogen-bond acceptors (Lipinski definition) is 6. The van der Waals surface area contributed by atoms with E-state index in [9.17, 15) is 9.59 Å². The molecule has 0 radical (unpaired) electrons. The van der Waals surface area contributed by atoms with E-state index >= 15 is 0 Å². The molecule has 3 heterocycles. The van der Waals surface area contributed by atoms with Crippen LogP contribution in [-0.2, 0) is 9.59 Å². The monoisotopic (exact) mass is 269 g/mol. The number of carbonyl (C=O) groups excluding carboxylic acids is 2. The number of fused-ring (bicyclic) bond motifs is 3. The largest absolute Gasteiger partial charge is 0.273 e. The van der Waals surface area contributed by atoms with Crippen molar-refractivity contribution in [2.45, 2.75) is 6.42 Å². The Morgan fingerprint density at radius 1 is 1.20 bits per heavy atom. The summed E-state index contributed by atoms with van der Waals surface area (Å²) in [6.07, 6.45) is -0.206. The van der Waals surface area contributed by atoms with Gasteiger partial charge in [0, 0.05) is 0 Å². The SMILES string of the molecule is O=C1CC(=O)N(c2nc3ccccc3n3nnnc23)N1. The van der Waals surface area contributed by atoms with Gasteiger partial charge in [0.1, 0.15) is 6.42 Å². The van der Waals surface area contributed by atoms with Crippen molar-refractivity contribution in [1.29, 1.82) is 0 Å². The number of benzene rings is 1. The van der Waals surface area contributed by atoms with E-state index in [0.717, 1.165) is 5.01 Å². The molecule has 1 aliphatic rings. The third-order valence-corrected chi connectivity index (χ3v) is 3.02. The lowest BCUT2D eigenvalue weighted by Gasteiger charge is -2.14. The summed E-state index contributed by atoms with van der Waals surface area (Å²) in [5, 5.41) is 12.4. The highest BCUT2D eigenvalue weighted by Crippen LogP contribution is 2.23. The van der Waals surface area contributed by atoms with Crippen molar-refractivity contribution in [3.63, 3.8) is 0 Å². The molecule has 0 unspecified atom stereocenters. The van der Waals surface area contributed by atoms with Gasteiger partial charge in [0.25, 0.3) is 5.91 Å². The molecule has 1 aromatic carbocycles. The highest BCUT2D eigenvalue weighted by atomic mass is 16.2. The van der Waals surface area contributed by atoms with E-state index in [2.05, 4.69) is 25.9 Å². The van der Waals surface area contributed by atoms with Gasteiger partial charge < -0.3 is 0 Å². The number of carbonyl (C=O) groups is 2. The summed E-state index contributed by atoms with van der Waals surface area (Å²) >= 11 is 0. The van der Waals surface area contributed by atoms with Crippen LogP contribution in [0.25, 0.3) is 16.7 Å². The van der Waals surface area contributed by atoms with Gasteiger partial charge >= 0.3 is 0 Å². The zero-order valence-corrected chi connectivity index (χ0v) is 10.0. The number of aromatic nitrogens is 5. The van der Waals surface area contributed by atoms with Gasteiger partial charge in [0.15, 0.2) is 0 Å².